The lowest BCUT2D eigenvalue weighted by Crippen LogP contribution is -2.25. The van der Waals surface area contributed by atoms with Crippen molar-refractivity contribution in [3.05, 3.63) is 35.6 Å². The highest BCUT2D eigenvalue weighted by molar-refractivity contribution is 5.19. The average Bonchev–Trinajstić information content (AvgIpc) is 2.25. The van der Waals surface area contributed by atoms with E-state index in [1.807, 2.05) is 0 Å². The van der Waals surface area contributed by atoms with E-state index in [2.05, 4.69) is 12.2 Å². The third kappa shape index (κ3) is 3.98. The van der Waals surface area contributed by atoms with Crippen LogP contribution < -0.4 is 5.32 Å². The van der Waals surface area contributed by atoms with E-state index in [0.717, 1.165) is 18.5 Å². The molecule has 1 aromatic carbocycles. The molecule has 0 saturated carbocycles. The second-order valence-corrected chi connectivity index (χ2v) is 3.51. The van der Waals surface area contributed by atoms with Gasteiger partial charge in [0.2, 0.25) is 0 Å². The minimum Gasteiger partial charge on any atom is -0.383 e. The van der Waals surface area contributed by atoms with E-state index in [1.54, 1.807) is 19.2 Å². The Hall–Kier alpha value is -0.930. The van der Waals surface area contributed by atoms with Gasteiger partial charge in [-0.25, -0.2) is 4.39 Å². The number of hydrogen-bond acceptors (Lipinski definition) is 2. The molecule has 1 unspecified atom stereocenters. The van der Waals surface area contributed by atoms with Gasteiger partial charge in [-0.1, -0.05) is 19.1 Å². The molecular formula is C12H18FNO. The lowest BCUT2D eigenvalue weighted by Gasteiger charge is -2.17. The van der Waals surface area contributed by atoms with Gasteiger partial charge in [0.25, 0.3) is 0 Å². The fourth-order valence-corrected chi connectivity index (χ4v) is 1.45. The predicted molar refractivity (Wildman–Crippen MR) is 59.3 cm³/mol. The van der Waals surface area contributed by atoms with Crippen LogP contribution in [0.2, 0.25) is 0 Å². The van der Waals surface area contributed by atoms with Crippen molar-refractivity contribution in [2.24, 2.45) is 0 Å². The maximum absolute atomic E-state index is 12.7. The smallest absolute Gasteiger partial charge is 0.123 e. The zero-order valence-corrected chi connectivity index (χ0v) is 9.29. The van der Waals surface area contributed by atoms with Gasteiger partial charge in [-0.05, 0) is 30.7 Å². The lowest BCUT2D eigenvalue weighted by molar-refractivity contribution is 0.167. The van der Waals surface area contributed by atoms with Crippen LogP contribution >= 0.6 is 0 Å². The van der Waals surface area contributed by atoms with E-state index in [4.69, 9.17) is 4.74 Å². The van der Waals surface area contributed by atoms with E-state index in [1.165, 1.54) is 12.1 Å². The Morgan fingerprint density at radius 1 is 1.33 bits per heavy atom. The summed E-state index contributed by atoms with van der Waals surface area (Å²) in [6.07, 6.45) is 1.07. The van der Waals surface area contributed by atoms with Crippen molar-refractivity contribution in [3.63, 3.8) is 0 Å². The Balaban J connectivity index is 2.65. The van der Waals surface area contributed by atoms with Gasteiger partial charge in [0.15, 0.2) is 0 Å². The van der Waals surface area contributed by atoms with Crippen LogP contribution in [0.5, 0.6) is 0 Å². The molecule has 0 aromatic heterocycles. The van der Waals surface area contributed by atoms with Crippen molar-refractivity contribution in [2.45, 2.75) is 19.4 Å². The first kappa shape index (κ1) is 12.1. The first-order valence-electron chi connectivity index (χ1n) is 5.25. The highest BCUT2D eigenvalue weighted by Crippen LogP contribution is 2.13. The molecule has 0 amide bonds. The van der Waals surface area contributed by atoms with Gasteiger partial charge >= 0.3 is 0 Å². The summed E-state index contributed by atoms with van der Waals surface area (Å²) in [4.78, 5) is 0. The van der Waals surface area contributed by atoms with Gasteiger partial charge in [-0.2, -0.15) is 0 Å². The van der Waals surface area contributed by atoms with Crippen molar-refractivity contribution >= 4 is 0 Å². The van der Waals surface area contributed by atoms with Crippen LogP contribution in [0.3, 0.4) is 0 Å². The number of hydrogen-bond donors (Lipinski definition) is 1. The van der Waals surface area contributed by atoms with Gasteiger partial charge in [0.05, 0.1) is 12.6 Å². The Kier molecular flexibility index (Phi) is 5.29. The van der Waals surface area contributed by atoms with Crippen LogP contribution in [0.15, 0.2) is 24.3 Å². The molecule has 15 heavy (non-hydrogen) atoms. The largest absolute Gasteiger partial charge is 0.383 e. The molecule has 0 aliphatic carbocycles. The topological polar surface area (TPSA) is 21.3 Å². The molecule has 0 radical (unpaired) electrons. The van der Waals surface area contributed by atoms with Crippen LogP contribution in [-0.4, -0.2) is 20.3 Å². The first-order valence-corrected chi connectivity index (χ1v) is 5.25. The monoisotopic (exact) mass is 211 g/mol. The summed E-state index contributed by atoms with van der Waals surface area (Å²) in [5.41, 5.74) is 1.06. The van der Waals surface area contributed by atoms with Crippen LogP contribution in [0.25, 0.3) is 0 Å². The zero-order valence-electron chi connectivity index (χ0n) is 9.29. The Bertz CT molecular complexity index is 273. The molecule has 0 aliphatic heterocycles. The third-order valence-electron chi connectivity index (χ3n) is 2.25. The molecule has 1 N–H and O–H groups in total. The standard InChI is InChI=1S/C12H18FNO/c1-3-8-14-12(9-15-2)10-4-6-11(13)7-5-10/h4-7,12,14H,3,8-9H2,1-2H3. The summed E-state index contributed by atoms with van der Waals surface area (Å²) in [6.45, 7) is 3.65. The highest BCUT2D eigenvalue weighted by Gasteiger charge is 2.09. The summed E-state index contributed by atoms with van der Waals surface area (Å²) in [5.74, 6) is -0.203. The molecule has 0 aliphatic rings. The summed E-state index contributed by atoms with van der Waals surface area (Å²) < 4.78 is 17.9. The minimum absolute atomic E-state index is 0.149. The fourth-order valence-electron chi connectivity index (χ4n) is 1.45. The second kappa shape index (κ2) is 6.53. The number of methoxy groups -OCH3 is 1. The molecule has 0 spiro atoms. The Morgan fingerprint density at radius 3 is 2.53 bits per heavy atom. The highest BCUT2D eigenvalue weighted by atomic mass is 19.1. The maximum atomic E-state index is 12.7. The second-order valence-electron chi connectivity index (χ2n) is 3.51. The molecule has 0 heterocycles. The van der Waals surface area contributed by atoms with E-state index < -0.39 is 0 Å². The molecule has 1 atom stereocenters. The first-order chi connectivity index (χ1) is 7.27. The number of rotatable bonds is 6. The van der Waals surface area contributed by atoms with Crippen molar-refractivity contribution < 1.29 is 9.13 Å². The van der Waals surface area contributed by atoms with Crippen molar-refractivity contribution in [1.82, 2.24) is 5.32 Å². The minimum atomic E-state index is -0.203. The normalized spacial score (nSPS) is 12.7. The van der Waals surface area contributed by atoms with Gasteiger partial charge in [-0.15, -0.1) is 0 Å². The van der Waals surface area contributed by atoms with Crippen molar-refractivity contribution in [1.29, 1.82) is 0 Å². The summed E-state index contributed by atoms with van der Waals surface area (Å²) in [7, 11) is 1.67. The average molecular weight is 211 g/mol. The van der Waals surface area contributed by atoms with Gasteiger partial charge in [0, 0.05) is 7.11 Å². The molecular weight excluding hydrogens is 193 g/mol. The summed E-state index contributed by atoms with van der Waals surface area (Å²) in [6, 6.07) is 6.69. The molecule has 1 rings (SSSR count). The van der Waals surface area contributed by atoms with E-state index >= 15 is 0 Å². The molecule has 84 valence electrons. The van der Waals surface area contributed by atoms with Gasteiger partial charge in [0.1, 0.15) is 5.82 Å². The molecule has 1 aromatic rings. The SMILES string of the molecule is CCCNC(COC)c1ccc(F)cc1. The molecule has 2 nitrogen and oxygen atoms in total. The van der Waals surface area contributed by atoms with Crippen LogP contribution in [0, 0.1) is 5.82 Å². The Labute approximate surface area is 90.4 Å². The fraction of sp³-hybridized carbons (Fsp3) is 0.500. The van der Waals surface area contributed by atoms with Crippen LogP contribution in [0.1, 0.15) is 24.9 Å². The maximum Gasteiger partial charge on any atom is 0.123 e. The van der Waals surface area contributed by atoms with E-state index in [0.29, 0.717) is 6.61 Å². The van der Waals surface area contributed by atoms with Gasteiger partial charge in [-0.3, -0.25) is 0 Å². The van der Waals surface area contributed by atoms with Crippen molar-refractivity contribution in [2.75, 3.05) is 20.3 Å². The molecule has 0 saturated heterocycles. The van der Waals surface area contributed by atoms with Crippen LogP contribution in [0.4, 0.5) is 4.39 Å². The summed E-state index contributed by atoms with van der Waals surface area (Å²) in [5, 5.41) is 3.36. The number of halogens is 1. The quantitative estimate of drug-likeness (QED) is 0.780. The Morgan fingerprint density at radius 2 is 2.00 bits per heavy atom. The number of ether oxygens (including phenoxy) is 1. The number of nitrogens with one attached hydrogen (secondary N) is 1. The molecule has 0 fully saturated rings. The molecule has 3 heteroatoms. The van der Waals surface area contributed by atoms with Crippen molar-refractivity contribution in [3.8, 4) is 0 Å². The predicted octanol–water partition coefficient (Wildman–Crippen LogP) is 2.51. The summed E-state index contributed by atoms with van der Waals surface area (Å²) >= 11 is 0. The number of benzene rings is 1. The lowest BCUT2D eigenvalue weighted by atomic mass is 10.1. The van der Waals surface area contributed by atoms with E-state index in [9.17, 15) is 4.39 Å². The van der Waals surface area contributed by atoms with Gasteiger partial charge < -0.3 is 10.1 Å². The molecule has 0 bridgehead atoms. The zero-order chi connectivity index (χ0) is 11.1. The van der Waals surface area contributed by atoms with E-state index in [-0.39, 0.29) is 11.9 Å². The third-order valence-corrected chi connectivity index (χ3v) is 2.25. The van der Waals surface area contributed by atoms with Crippen LogP contribution in [-0.2, 0) is 4.74 Å².